The van der Waals surface area contributed by atoms with Gasteiger partial charge in [0.1, 0.15) is 10.5 Å². The van der Waals surface area contributed by atoms with E-state index in [1.54, 1.807) is 23.7 Å². The Morgan fingerprint density at radius 1 is 1.32 bits per heavy atom. The molecule has 0 aliphatic heterocycles. The van der Waals surface area contributed by atoms with Gasteiger partial charge in [-0.2, -0.15) is 0 Å². The van der Waals surface area contributed by atoms with Gasteiger partial charge >= 0.3 is 0 Å². The van der Waals surface area contributed by atoms with E-state index in [1.165, 1.54) is 11.3 Å². The molecule has 0 radical (unpaired) electrons. The molecule has 5 nitrogen and oxygen atoms in total. The van der Waals surface area contributed by atoms with Crippen LogP contribution in [0.25, 0.3) is 10.2 Å². The summed E-state index contributed by atoms with van der Waals surface area (Å²) < 4.78 is 0.608. The highest BCUT2D eigenvalue weighted by molar-refractivity contribution is 7.99. The smallest absolute Gasteiger partial charge is 0.268 e. The summed E-state index contributed by atoms with van der Waals surface area (Å²) in [7, 11) is 1.72. The molecule has 0 atom stereocenters. The van der Waals surface area contributed by atoms with Crippen molar-refractivity contribution < 1.29 is 4.79 Å². The van der Waals surface area contributed by atoms with Crippen LogP contribution in [-0.2, 0) is 11.3 Å². The number of rotatable bonds is 6. The Labute approximate surface area is 158 Å². The molecule has 0 aliphatic carbocycles. The lowest BCUT2D eigenvalue weighted by Crippen LogP contribution is -2.28. The summed E-state index contributed by atoms with van der Waals surface area (Å²) in [5.74, 6) is 1.19. The first kappa shape index (κ1) is 18.0. The van der Waals surface area contributed by atoms with Crippen molar-refractivity contribution in [2.75, 3.05) is 12.8 Å². The fourth-order valence-electron chi connectivity index (χ4n) is 2.29. The van der Waals surface area contributed by atoms with Gasteiger partial charge < -0.3 is 9.88 Å². The summed E-state index contributed by atoms with van der Waals surface area (Å²) in [6, 6.07) is 9.35. The van der Waals surface area contributed by atoms with Crippen LogP contribution in [0.1, 0.15) is 12.2 Å². The number of fused-ring (bicyclic) bond motifs is 1. The molecule has 3 aromatic rings. The second-order valence-corrected chi connectivity index (χ2v) is 7.97. The maximum absolute atomic E-state index is 12.3. The molecule has 25 heavy (non-hydrogen) atoms. The van der Waals surface area contributed by atoms with Crippen LogP contribution in [-0.4, -0.2) is 33.6 Å². The van der Waals surface area contributed by atoms with E-state index in [1.807, 2.05) is 35.7 Å². The molecule has 130 valence electrons. The standard InChI is InChI=1S/C17H16ClN3O2S2/c1-21(10-14-19-13-6-8-25-16(13)17(23)20-14)15(22)7-9-24-12-4-2-11(18)3-5-12/h2-6,8H,7,9-10H2,1H3,(H,19,20,23). The number of carbonyl (C=O) groups is 1. The maximum atomic E-state index is 12.3. The van der Waals surface area contributed by atoms with Crippen molar-refractivity contribution in [3.8, 4) is 0 Å². The predicted molar refractivity (Wildman–Crippen MR) is 104 cm³/mol. The third-order valence-corrected chi connectivity index (χ3v) is 5.74. The van der Waals surface area contributed by atoms with Gasteiger partial charge in [-0.05, 0) is 35.7 Å². The molecule has 2 heterocycles. The molecule has 1 amide bonds. The number of benzene rings is 1. The molecule has 8 heteroatoms. The lowest BCUT2D eigenvalue weighted by molar-refractivity contribution is -0.130. The molecule has 0 unspecified atom stereocenters. The number of hydrogen-bond acceptors (Lipinski definition) is 5. The van der Waals surface area contributed by atoms with E-state index < -0.39 is 0 Å². The first-order valence-electron chi connectivity index (χ1n) is 7.61. The van der Waals surface area contributed by atoms with Crippen LogP contribution in [0.5, 0.6) is 0 Å². The van der Waals surface area contributed by atoms with Gasteiger partial charge in [-0.1, -0.05) is 11.6 Å². The average Bonchev–Trinajstić information content (AvgIpc) is 3.05. The first-order valence-corrected chi connectivity index (χ1v) is 9.86. The number of halogens is 1. The Hall–Kier alpha value is -1.83. The third kappa shape index (κ3) is 4.62. The Kier molecular flexibility index (Phi) is 5.78. The van der Waals surface area contributed by atoms with E-state index in [9.17, 15) is 9.59 Å². The molecule has 0 saturated carbocycles. The number of carbonyl (C=O) groups excluding carboxylic acids is 1. The average molecular weight is 394 g/mol. The SMILES string of the molecule is CN(Cc1nc2ccsc2c(=O)[nH]1)C(=O)CCSc1ccc(Cl)cc1. The molecule has 1 N–H and O–H groups in total. The zero-order chi connectivity index (χ0) is 17.8. The van der Waals surface area contributed by atoms with Crippen LogP contribution in [0, 0.1) is 0 Å². The number of hydrogen-bond donors (Lipinski definition) is 1. The van der Waals surface area contributed by atoms with Gasteiger partial charge in [0.05, 0.1) is 12.1 Å². The van der Waals surface area contributed by atoms with Gasteiger partial charge in [0.15, 0.2) is 0 Å². The number of thioether (sulfide) groups is 1. The summed E-state index contributed by atoms with van der Waals surface area (Å²) in [4.78, 5) is 34.0. The van der Waals surface area contributed by atoms with Crippen LogP contribution in [0.15, 0.2) is 45.4 Å². The third-order valence-electron chi connectivity index (χ3n) is 3.57. The van der Waals surface area contributed by atoms with E-state index in [4.69, 9.17) is 11.6 Å². The number of aromatic nitrogens is 2. The molecular formula is C17H16ClN3O2S2. The van der Waals surface area contributed by atoms with E-state index in [0.717, 1.165) is 4.90 Å². The van der Waals surface area contributed by atoms with Gasteiger partial charge in [0.25, 0.3) is 5.56 Å². The monoisotopic (exact) mass is 393 g/mol. The van der Waals surface area contributed by atoms with Crippen molar-refractivity contribution in [2.24, 2.45) is 0 Å². The van der Waals surface area contributed by atoms with Crippen LogP contribution in [0.3, 0.4) is 0 Å². The lowest BCUT2D eigenvalue weighted by Gasteiger charge is -2.16. The van der Waals surface area contributed by atoms with Crippen molar-refractivity contribution >= 4 is 50.8 Å². The summed E-state index contributed by atoms with van der Waals surface area (Å²) in [5.41, 5.74) is 0.511. The van der Waals surface area contributed by atoms with Crippen LogP contribution in [0.2, 0.25) is 5.02 Å². The fraction of sp³-hybridized carbons (Fsp3) is 0.235. The first-order chi connectivity index (χ1) is 12.0. The molecule has 0 aliphatic rings. The van der Waals surface area contributed by atoms with Crippen molar-refractivity contribution in [1.82, 2.24) is 14.9 Å². The largest absolute Gasteiger partial charge is 0.338 e. The molecule has 0 fully saturated rings. The van der Waals surface area contributed by atoms with Crippen molar-refractivity contribution in [3.63, 3.8) is 0 Å². The Bertz CT molecular complexity index is 937. The zero-order valence-electron chi connectivity index (χ0n) is 13.5. The summed E-state index contributed by atoms with van der Waals surface area (Å²) in [6.07, 6.45) is 0.411. The number of nitrogens with one attached hydrogen (secondary N) is 1. The van der Waals surface area contributed by atoms with E-state index in [0.29, 0.717) is 33.2 Å². The molecule has 1 aromatic carbocycles. The molecule has 2 aromatic heterocycles. The fourth-order valence-corrected chi connectivity index (χ4v) is 3.98. The highest BCUT2D eigenvalue weighted by Crippen LogP contribution is 2.21. The summed E-state index contributed by atoms with van der Waals surface area (Å²) in [5, 5.41) is 2.53. The lowest BCUT2D eigenvalue weighted by atomic mass is 10.4. The number of H-pyrrole nitrogens is 1. The number of amides is 1. The number of nitrogens with zero attached hydrogens (tertiary/aromatic N) is 2. The van der Waals surface area contributed by atoms with Crippen LogP contribution >= 0.6 is 34.7 Å². The van der Waals surface area contributed by atoms with Gasteiger partial charge in [0, 0.05) is 29.1 Å². The summed E-state index contributed by atoms with van der Waals surface area (Å²) in [6.45, 7) is 0.283. The second kappa shape index (κ2) is 8.03. The highest BCUT2D eigenvalue weighted by Gasteiger charge is 2.12. The number of aromatic amines is 1. The van der Waals surface area contributed by atoms with Gasteiger partial charge in [-0.3, -0.25) is 9.59 Å². The van der Waals surface area contributed by atoms with Crippen molar-refractivity contribution in [2.45, 2.75) is 17.9 Å². The molecule has 0 spiro atoms. The van der Waals surface area contributed by atoms with Crippen LogP contribution < -0.4 is 5.56 Å². The van der Waals surface area contributed by atoms with Gasteiger partial charge in [-0.15, -0.1) is 23.1 Å². The predicted octanol–water partition coefficient (Wildman–Crippen LogP) is 3.78. The van der Waals surface area contributed by atoms with E-state index in [2.05, 4.69) is 9.97 Å². The molecule has 0 bridgehead atoms. The summed E-state index contributed by atoms with van der Waals surface area (Å²) >= 11 is 8.82. The van der Waals surface area contributed by atoms with E-state index >= 15 is 0 Å². The molecule has 0 saturated heterocycles. The van der Waals surface area contributed by atoms with Crippen molar-refractivity contribution in [3.05, 3.63) is 56.9 Å². The normalized spacial score (nSPS) is 11.0. The topological polar surface area (TPSA) is 66.1 Å². The van der Waals surface area contributed by atoms with E-state index in [-0.39, 0.29) is 18.0 Å². The number of thiophene rings is 1. The highest BCUT2D eigenvalue weighted by atomic mass is 35.5. The zero-order valence-corrected chi connectivity index (χ0v) is 15.9. The minimum absolute atomic E-state index is 0.00882. The molecule has 3 rings (SSSR count). The molecular weight excluding hydrogens is 378 g/mol. The minimum atomic E-state index is -0.158. The minimum Gasteiger partial charge on any atom is -0.338 e. The second-order valence-electron chi connectivity index (χ2n) is 5.45. The Morgan fingerprint density at radius 2 is 2.08 bits per heavy atom. The Balaban J connectivity index is 1.54. The van der Waals surface area contributed by atoms with Crippen LogP contribution in [0.4, 0.5) is 0 Å². The van der Waals surface area contributed by atoms with Crippen molar-refractivity contribution in [1.29, 1.82) is 0 Å². The maximum Gasteiger partial charge on any atom is 0.268 e. The Morgan fingerprint density at radius 3 is 2.84 bits per heavy atom. The van der Waals surface area contributed by atoms with Gasteiger partial charge in [0.2, 0.25) is 5.91 Å². The quantitative estimate of drug-likeness (QED) is 0.647. The van der Waals surface area contributed by atoms with Gasteiger partial charge in [-0.25, -0.2) is 4.98 Å².